The molecule has 6 heteroatoms. The Balaban J connectivity index is 1.44. The third kappa shape index (κ3) is 2.23. The molecule has 1 amide bonds. The Hall–Kier alpha value is -2.37. The molecule has 2 aromatic rings. The molecule has 4 aliphatic carbocycles. The van der Waals surface area contributed by atoms with Crippen molar-refractivity contribution >= 4 is 23.1 Å². The lowest BCUT2D eigenvalue weighted by molar-refractivity contribution is -0.158. The zero-order valence-electron chi connectivity index (χ0n) is 16.1. The van der Waals surface area contributed by atoms with E-state index in [-0.39, 0.29) is 5.91 Å². The Morgan fingerprint density at radius 1 is 1.21 bits per heavy atom. The fraction of sp³-hybridized carbons (Fsp3) is 0.545. The third-order valence-electron chi connectivity index (χ3n) is 7.48. The minimum atomic E-state index is -1.14. The number of amides is 1. The average molecular weight is 380 g/mol. The number of benzene rings is 1. The van der Waals surface area contributed by atoms with Crippen LogP contribution in [-0.4, -0.2) is 21.4 Å². The van der Waals surface area contributed by atoms with Crippen LogP contribution in [0, 0.1) is 17.3 Å². The van der Waals surface area contributed by atoms with Gasteiger partial charge in [-0.25, -0.2) is 4.39 Å². The van der Waals surface area contributed by atoms with E-state index in [0.717, 1.165) is 42.0 Å². The van der Waals surface area contributed by atoms with Gasteiger partial charge in [0.25, 0.3) is 0 Å². The van der Waals surface area contributed by atoms with Crippen molar-refractivity contribution in [1.82, 2.24) is 9.78 Å². The molecule has 1 aromatic carbocycles. The van der Waals surface area contributed by atoms with Crippen molar-refractivity contribution in [3.8, 4) is 0 Å². The van der Waals surface area contributed by atoms with Crippen LogP contribution in [-0.2, 0) is 18.4 Å². The highest BCUT2D eigenvalue weighted by molar-refractivity contribution is 6.01. The van der Waals surface area contributed by atoms with E-state index in [9.17, 15) is 4.79 Å². The van der Waals surface area contributed by atoms with Crippen LogP contribution in [0.3, 0.4) is 0 Å². The van der Waals surface area contributed by atoms with Gasteiger partial charge in [-0.1, -0.05) is 12.1 Å². The molecular formula is C22H25FN4O. The summed E-state index contributed by atoms with van der Waals surface area (Å²) in [5.74, 6) is 1.75. The molecule has 2 heterocycles. The molecule has 5 nitrogen and oxygen atoms in total. The molecule has 0 unspecified atom stereocenters. The van der Waals surface area contributed by atoms with Gasteiger partial charge in [-0.2, -0.15) is 5.10 Å². The first-order valence-electron chi connectivity index (χ1n) is 10.3. The average Bonchev–Trinajstić information content (AvgIpc) is 2.89. The number of carbonyl (C=O) groups excluding carboxylic acids is 1. The van der Waals surface area contributed by atoms with Gasteiger partial charge in [0.05, 0.1) is 29.5 Å². The largest absolute Gasteiger partial charge is 0.338 e. The molecule has 7 rings (SSSR count). The molecule has 1 N–H and O–H groups in total. The van der Waals surface area contributed by atoms with Gasteiger partial charge in [0.2, 0.25) is 5.91 Å². The number of hydrogen-bond donors (Lipinski definition) is 1. The Morgan fingerprint density at radius 2 is 1.96 bits per heavy atom. The summed E-state index contributed by atoms with van der Waals surface area (Å²) in [5.41, 5.74) is 1.10. The van der Waals surface area contributed by atoms with Gasteiger partial charge in [0.15, 0.2) is 0 Å². The first kappa shape index (κ1) is 16.6. The van der Waals surface area contributed by atoms with E-state index in [1.165, 1.54) is 0 Å². The zero-order chi connectivity index (χ0) is 19.1. The Kier molecular flexibility index (Phi) is 3.18. The number of anilines is 3. The van der Waals surface area contributed by atoms with Gasteiger partial charge in [0.1, 0.15) is 11.5 Å². The summed E-state index contributed by atoms with van der Waals surface area (Å²) in [5, 5.41) is 7.82. The Morgan fingerprint density at radius 3 is 2.71 bits per heavy atom. The van der Waals surface area contributed by atoms with Crippen LogP contribution in [0.2, 0.25) is 0 Å². The molecule has 146 valence electrons. The second-order valence-corrected chi connectivity index (χ2v) is 9.57. The van der Waals surface area contributed by atoms with E-state index in [4.69, 9.17) is 0 Å². The van der Waals surface area contributed by atoms with Crippen molar-refractivity contribution < 1.29 is 9.18 Å². The maximum Gasteiger partial charge on any atom is 0.233 e. The number of alkyl halides is 1. The molecule has 28 heavy (non-hydrogen) atoms. The molecule has 0 spiro atoms. The molecule has 1 aromatic heterocycles. The summed E-state index contributed by atoms with van der Waals surface area (Å²) in [6.45, 7) is 0.475. The minimum Gasteiger partial charge on any atom is -0.338 e. The smallest absolute Gasteiger partial charge is 0.233 e. The van der Waals surface area contributed by atoms with E-state index in [0.29, 0.717) is 37.6 Å². The highest BCUT2D eigenvalue weighted by Crippen LogP contribution is 2.63. The molecule has 1 aliphatic heterocycles. The summed E-state index contributed by atoms with van der Waals surface area (Å²) in [4.78, 5) is 15.9. The van der Waals surface area contributed by atoms with Crippen LogP contribution < -0.4 is 10.2 Å². The monoisotopic (exact) mass is 380 g/mol. The maximum absolute atomic E-state index is 15.5. The predicted octanol–water partition coefficient (Wildman–Crippen LogP) is 4.32. The summed E-state index contributed by atoms with van der Waals surface area (Å²) in [6, 6.07) is 7.92. The predicted molar refractivity (Wildman–Crippen MR) is 105 cm³/mol. The molecule has 4 saturated carbocycles. The number of aromatic nitrogens is 2. The maximum atomic E-state index is 15.5. The molecular weight excluding hydrogens is 355 g/mol. The lowest BCUT2D eigenvalue weighted by atomic mass is 9.48. The number of aryl methyl sites for hydroxylation is 1. The SMILES string of the molecule is Cn1ncc2c1Nc1ccccc1N(C(=O)[C@@]13C[C@@H]4C[C@@H](C[C@@](F)(C4)C1)C3)C2. The van der Waals surface area contributed by atoms with E-state index >= 15 is 4.39 Å². The van der Waals surface area contributed by atoms with Gasteiger partial charge in [-0.05, 0) is 62.5 Å². The van der Waals surface area contributed by atoms with E-state index in [1.54, 1.807) is 4.68 Å². The summed E-state index contributed by atoms with van der Waals surface area (Å²) in [7, 11) is 1.90. The number of fused-ring (bicyclic) bond motifs is 2. The molecule has 4 fully saturated rings. The van der Waals surface area contributed by atoms with Gasteiger partial charge in [0, 0.05) is 12.6 Å². The lowest BCUT2D eigenvalue weighted by Crippen LogP contribution is -2.59. The van der Waals surface area contributed by atoms with Gasteiger partial charge in [-0.3, -0.25) is 9.48 Å². The number of rotatable bonds is 1. The Labute approximate surface area is 163 Å². The van der Waals surface area contributed by atoms with Gasteiger partial charge in [-0.15, -0.1) is 0 Å². The van der Waals surface area contributed by atoms with E-state index < -0.39 is 11.1 Å². The van der Waals surface area contributed by atoms with Crippen molar-refractivity contribution in [3.63, 3.8) is 0 Å². The topological polar surface area (TPSA) is 50.2 Å². The number of nitrogens with zero attached hydrogens (tertiary/aromatic N) is 3. The van der Waals surface area contributed by atoms with E-state index in [1.807, 2.05) is 42.4 Å². The lowest BCUT2D eigenvalue weighted by Gasteiger charge is -2.58. The first-order valence-corrected chi connectivity index (χ1v) is 10.3. The first-order chi connectivity index (χ1) is 13.4. The van der Waals surface area contributed by atoms with Gasteiger partial charge < -0.3 is 10.2 Å². The van der Waals surface area contributed by atoms with E-state index in [2.05, 4.69) is 10.4 Å². The van der Waals surface area contributed by atoms with Crippen molar-refractivity contribution in [1.29, 1.82) is 0 Å². The molecule has 0 saturated heterocycles. The second kappa shape index (κ2) is 5.37. The van der Waals surface area contributed by atoms with Crippen LogP contribution in [0.15, 0.2) is 30.5 Å². The summed E-state index contributed by atoms with van der Waals surface area (Å²) >= 11 is 0. The summed E-state index contributed by atoms with van der Waals surface area (Å²) in [6.07, 6.45) is 6.33. The highest BCUT2D eigenvalue weighted by atomic mass is 19.1. The quantitative estimate of drug-likeness (QED) is 0.802. The van der Waals surface area contributed by atoms with Crippen molar-refractivity contribution in [2.24, 2.45) is 24.3 Å². The Bertz CT molecular complexity index is 969. The second-order valence-electron chi connectivity index (χ2n) is 9.57. The normalized spacial score (nSPS) is 35.1. The van der Waals surface area contributed by atoms with Crippen molar-refractivity contribution in [2.45, 2.75) is 50.7 Å². The molecule has 5 aliphatic rings. The minimum absolute atomic E-state index is 0.106. The van der Waals surface area contributed by atoms with Crippen LogP contribution in [0.1, 0.15) is 44.1 Å². The van der Waals surface area contributed by atoms with Crippen LogP contribution in [0.25, 0.3) is 0 Å². The fourth-order valence-corrected chi connectivity index (χ4v) is 6.83. The van der Waals surface area contributed by atoms with Gasteiger partial charge >= 0.3 is 0 Å². The summed E-state index contributed by atoms with van der Waals surface area (Å²) < 4.78 is 17.3. The van der Waals surface area contributed by atoms with Crippen molar-refractivity contribution in [2.75, 3.05) is 10.2 Å². The third-order valence-corrected chi connectivity index (χ3v) is 7.48. The number of nitrogens with one attached hydrogen (secondary N) is 1. The standard InChI is InChI=1S/C22H25FN4O/c1-26-19-16(11-24-26)12-27(18-5-3-2-4-17(18)25-19)20(28)21-7-14-6-15(8-21)10-22(23,9-14)13-21/h2-5,11,14-15,25H,6-10,12-13H2,1H3/t14-,15+,21+,22-. The van der Waals surface area contributed by atoms with Crippen LogP contribution in [0.4, 0.5) is 21.6 Å². The van der Waals surface area contributed by atoms with Crippen LogP contribution >= 0.6 is 0 Å². The molecule has 4 atom stereocenters. The number of para-hydroxylation sites is 2. The fourth-order valence-electron chi connectivity index (χ4n) is 6.83. The van der Waals surface area contributed by atoms with Crippen molar-refractivity contribution in [3.05, 3.63) is 36.0 Å². The highest BCUT2D eigenvalue weighted by Gasteiger charge is 2.62. The van der Waals surface area contributed by atoms with Crippen LogP contribution in [0.5, 0.6) is 0 Å². The number of hydrogen-bond acceptors (Lipinski definition) is 3. The zero-order valence-corrected chi connectivity index (χ0v) is 16.1. The number of carbonyl (C=O) groups is 1. The molecule has 0 radical (unpaired) electrons. The number of halogens is 1. The molecule has 4 bridgehead atoms.